The van der Waals surface area contributed by atoms with Crippen LogP contribution in [0.2, 0.25) is 5.28 Å². The van der Waals surface area contributed by atoms with Crippen molar-refractivity contribution in [2.24, 2.45) is 0 Å². The van der Waals surface area contributed by atoms with E-state index in [0.29, 0.717) is 11.8 Å². The highest BCUT2D eigenvalue weighted by Gasteiger charge is 2.17. The van der Waals surface area contributed by atoms with Crippen LogP contribution in [-0.2, 0) is 0 Å². The summed E-state index contributed by atoms with van der Waals surface area (Å²) < 4.78 is 5.02. The van der Waals surface area contributed by atoms with E-state index in [-0.39, 0.29) is 5.28 Å². The molecule has 0 bridgehead atoms. The molecule has 2 aromatic rings. The summed E-state index contributed by atoms with van der Waals surface area (Å²) in [4.78, 5) is 14.8. The lowest BCUT2D eigenvalue weighted by molar-refractivity contribution is 0.568. The molecule has 0 aliphatic carbocycles. The van der Waals surface area contributed by atoms with Crippen LogP contribution in [0.25, 0.3) is 11.4 Å². The monoisotopic (exact) mass is 250 g/mol. The van der Waals surface area contributed by atoms with Crippen LogP contribution in [0.1, 0.15) is 12.8 Å². The topological polar surface area (TPSA) is 55.1 Å². The molecule has 2 aromatic heterocycles. The minimum atomic E-state index is 0.220. The van der Waals surface area contributed by atoms with Crippen molar-refractivity contribution in [2.45, 2.75) is 12.8 Å². The van der Waals surface area contributed by atoms with Gasteiger partial charge in [-0.15, -0.1) is 0 Å². The Hall–Kier alpha value is -1.62. The van der Waals surface area contributed by atoms with Gasteiger partial charge in [-0.1, -0.05) is 0 Å². The van der Waals surface area contributed by atoms with Crippen LogP contribution >= 0.6 is 11.6 Å². The van der Waals surface area contributed by atoms with E-state index in [4.69, 9.17) is 16.0 Å². The minimum absolute atomic E-state index is 0.220. The van der Waals surface area contributed by atoms with Crippen molar-refractivity contribution in [1.29, 1.82) is 0 Å². The first-order chi connectivity index (χ1) is 8.33. The van der Waals surface area contributed by atoms with E-state index in [1.165, 1.54) is 12.8 Å². The molecule has 17 heavy (non-hydrogen) atoms. The van der Waals surface area contributed by atoms with Gasteiger partial charge in [0.15, 0.2) is 5.82 Å². The van der Waals surface area contributed by atoms with Gasteiger partial charge in [0.2, 0.25) is 11.2 Å². The molecule has 3 heterocycles. The van der Waals surface area contributed by atoms with Gasteiger partial charge in [0.05, 0.1) is 11.8 Å². The first-order valence-corrected chi connectivity index (χ1v) is 5.90. The molecule has 88 valence electrons. The number of anilines is 1. The summed E-state index contributed by atoms with van der Waals surface area (Å²) in [5, 5.41) is 0.220. The minimum Gasteiger partial charge on any atom is -0.472 e. The SMILES string of the molecule is Clc1nc(-c2ccoc2)nc(N2CCCC2)n1. The highest BCUT2D eigenvalue weighted by molar-refractivity contribution is 6.28. The van der Waals surface area contributed by atoms with Crippen LogP contribution < -0.4 is 4.90 Å². The fraction of sp³-hybridized carbons (Fsp3) is 0.364. The largest absolute Gasteiger partial charge is 0.472 e. The maximum absolute atomic E-state index is 5.93. The lowest BCUT2D eigenvalue weighted by atomic mass is 10.3. The first kappa shape index (κ1) is 10.5. The molecular formula is C11H11ClN4O. The molecule has 6 heteroatoms. The van der Waals surface area contributed by atoms with Gasteiger partial charge < -0.3 is 9.32 Å². The standard InChI is InChI=1S/C11H11ClN4O/c12-10-13-9(8-3-6-17-7-8)14-11(15-10)16-4-1-2-5-16/h3,6-7H,1-2,4-5H2. The highest BCUT2D eigenvalue weighted by atomic mass is 35.5. The fourth-order valence-corrected chi connectivity index (χ4v) is 2.07. The quantitative estimate of drug-likeness (QED) is 0.819. The highest BCUT2D eigenvalue weighted by Crippen LogP contribution is 2.22. The zero-order valence-electron chi connectivity index (χ0n) is 9.14. The van der Waals surface area contributed by atoms with E-state index < -0.39 is 0 Å². The lowest BCUT2D eigenvalue weighted by Gasteiger charge is -2.15. The van der Waals surface area contributed by atoms with Gasteiger partial charge in [-0.2, -0.15) is 15.0 Å². The lowest BCUT2D eigenvalue weighted by Crippen LogP contribution is -2.21. The first-order valence-electron chi connectivity index (χ1n) is 5.52. The summed E-state index contributed by atoms with van der Waals surface area (Å²) in [6.07, 6.45) is 5.52. The maximum atomic E-state index is 5.93. The van der Waals surface area contributed by atoms with Crippen LogP contribution in [0, 0.1) is 0 Å². The molecule has 5 nitrogen and oxygen atoms in total. The van der Waals surface area contributed by atoms with Gasteiger partial charge in [0.1, 0.15) is 6.26 Å². The van der Waals surface area contributed by atoms with Crippen LogP contribution in [0.15, 0.2) is 23.0 Å². The van der Waals surface area contributed by atoms with Crippen molar-refractivity contribution in [3.05, 3.63) is 23.9 Å². The van der Waals surface area contributed by atoms with Crippen molar-refractivity contribution >= 4 is 17.5 Å². The molecule has 0 radical (unpaired) electrons. The molecule has 0 aromatic carbocycles. The van der Waals surface area contributed by atoms with Crippen molar-refractivity contribution < 1.29 is 4.42 Å². The number of nitrogens with zero attached hydrogens (tertiary/aromatic N) is 4. The second-order valence-electron chi connectivity index (χ2n) is 3.93. The van der Waals surface area contributed by atoms with Gasteiger partial charge >= 0.3 is 0 Å². The van der Waals surface area contributed by atoms with Gasteiger partial charge in [-0.25, -0.2) is 0 Å². The van der Waals surface area contributed by atoms with Crippen LogP contribution in [0.4, 0.5) is 5.95 Å². The summed E-state index contributed by atoms with van der Waals surface area (Å²) in [6.45, 7) is 1.95. The van der Waals surface area contributed by atoms with Crippen LogP contribution in [0.3, 0.4) is 0 Å². The Balaban J connectivity index is 2.00. The number of rotatable bonds is 2. The fourth-order valence-electron chi connectivity index (χ4n) is 1.92. The number of halogens is 1. The molecule has 0 saturated carbocycles. The van der Waals surface area contributed by atoms with Crippen molar-refractivity contribution in [3.63, 3.8) is 0 Å². The molecule has 0 atom stereocenters. The zero-order valence-corrected chi connectivity index (χ0v) is 9.89. The Labute approximate surface area is 103 Å². The Morgan fingerprint density at radius 1 is 1.18 bits per heavy atom. The number of aromatic nitrogens is 3. The summed E-state index contributed by atoms with van der Waals surface area (Å²) in [5.41, 5.74) is 0.815. The van der Waals surface area contributed by atoms with Gasteiger partial charge in [-0.3, -0.25) is 0 Å². The summed E-state index contributed by atoms with van der Waals surface area (Å²) >= 11 is 5.93. The van der Waals surface area contributed by atoms with Crippen LogP contribution in [0.5, 0.6) is 0 Å². The van der Waals surface area contributed by atoms with Gasteiger partial charge in [0.25, 0.3) is 0 Å². The average Bonchev–Trinajstić information content (AvgIpc) is 3.02. The Morgan fingerprint density at radius 2 is 2.00 bits per heavy atom. The van der Waals surface area contributed by atoms with Crippen molar-refractivity contribution in [2.75, 3.05) is 18.0 Å². The maximum Gasteiger partial charge on any atom is 0.230 e. The van der Waals surface area contributed by atoms with Crippen molar-refractivity contribution in [3.8, 4) is 11.4 Å². The summed E-state index contributed by atoms with van der Waals surface area (Å²) in [6, 6.07) is 1.80. The Morgan fingerprint density at radius 3 is 2.71 bits per heavy atom. The third-order valence-electron chi connectivity index (χ3n) is 2.76. The van der Waals surface area contributed by atoms with Crippen molar-refractivity contribution in [1.82, 2.24) is 15.0 Å². The molecule has 0 unspecified atom stereocenters. The van der Waals surface area contributed by atoms with Crippen LogP contribution in [-0.4, -0.2) is 28.0 Å². The average molecular weight is 251 g/mol. The molecule has 1 aliphatic heterocycles. The smallest absolute Gasteiger partial charge is 0.230 e. The van der Waals surface area contributed by atoms with E-state index in [2.05, 4.69) is 19.9 Å². The molecule has 0 N–H and O–H groups in total. The van der Waals surface area contributed by atoms with E-state index >= 15 is 0 Å². The normalized spacial score (nSPS) is 15.5. The number of furan rings is 1. The molecule has 1 fully saturated rings. The predicted molar refractivity (Wildman–Crippen MR) is 64.0 cm³/mol. The second-order valence-corrected chi connectivity index (χ2v) is 4.27. The second kappa shape index (κ2) is 4.33. The van der Waals surface area contributed by atoms with E-state index in [1.54, 1.807) is 18.6 Å². The Bertz CT molecular complexity index is 508. The zero-order chi connectivity index (χ0) is 11.7. The van der Waals surface area contributed by atoms with E-state index in [1.807, 2.05) is 0 Å². The molecule has 3 rings (SSSR count). The molecular weight excluding hydrogens is 240 g/mol. The van der Waals surface area contributed by atoms with Gasteiger partial charge in [-0.05, 0) is 30.5 Å². The third kappa shape index (κ3) is 2.10. The molecule has 1 saturated heterocycles. The predicted octanol–water partition coefficient (Wildman–Crippen LogP) is 2.39. The Kier molecular flexibility index (Phi) is 2.68. The van der Waals surface area contributed by atoms with E-state index in [9.17, 15) is 0 Å². The molecule has 0 amide bonds. The molecule has 1 aliphatic rings. The third-order valence-corrected chi connectivity index (χ3v) is 2.93. The number of hydrogen-bond acceptors (Lipinski definition) is 5. The van der Waals surface area contributed by atoms with Gasteiger partial charge in [0, 0.05) is 13.1 Å². The van der Waals surface area contributed by atoms with E-state index in [0.717, 1.165) is 18.7 Å². The number of hydrogen-bond donors (Lipinski definition) is 0. The summed E-state index contributed by atoms with van der Waals surface area (Å²) in [5.74, 6) is 1.21. The molecule has 0 spiro atoms. The summed E-state index contributed by atoms with van der Waals surface area (Å²) in [7, 11) is 0.